The first-order valence-corrected chi connectivity index (χ1v) is 10.3. The van der Waals surface area contributed by atoms with Crippen molar-refractivity contribution in [3.63, 3.8) is 0 Å². The number of benzene rings is 2. The molecule has 2 aromatic rings. The molecule has 0 unspecified atom stereocenters. The second-order valence-corrected chi connectivity index (χ2v) is 8.23. The van der Waals surface area contributed by atoms with Crippen LogP contribution in [0.4, 0.5) is 5.69 Å². The van der Waals surface area contributed by atoms with Crippen LogP contribution < -0.4 is 5.32 Å². The predicted molar refractivity (Wildman–Crippen MR) is 108 cm³/mol. The number of nitrogens with zero attached hydrogens (tertiary/aromatic N) is 1. The molecule has 1 N–H and O–H groups in total. The van der Waals surface area contributed by atoms with E-state index in [4.69, 9.17) is 4.74 Å². The minimum absolute atomic E-state index is 0.585. The van der Waals surface area contributed by atoms with E-state index >= 15 is 0 Å². The van der Waals surface area contributed by atoms with Gasteiger partial charge in [0.2, 0.25) is 0 Å². The summed E-state index contributed by atoms with van der Waals surface area (Å²) in [5.41, 5.74) is 2.61. The average molecular weight is 403 g/mol. The maximum Gasteiger partial charge on any atom is 0.0594 e. The molecule has 4 rings (SSSR count). The third-order valence-electron chi connectivity index (χ3n) is 5.86. The zero-order valence-corrected chi connectivity index (χ0v) is 16.5. The van der Waals surface area contributed by atoms with Gasteiger partial charge < -0.3 is 10.1 Å². The zero-order valence-electron chi connectivity index (χ0n) is 14.9. The predicted octanol–water partition coefficient (Wildman–Crippen LogP) is 4.97. The molecule has 1 saturated carbocycles. The van der Waals surface area contributed by atoms with Crippen molar-refractivity contribution in [3.8, 4) is 0 Å². The summed E-state index contributed by atoms with van der Waals surface area (Å²) in [5.74, 6) is 0. The van der Waals surface area contributed by atoms with Crippen LogP contribution in [0.1, 0.15) is 31.2 Å². The van der Waals surface area contributed by atoms with Gasteiger partial charge in [0, 0.05) is 40.7 Å². The van der Waals surface area contributed by atoms with E-state index in [1.54, 1.807) is 0 Å². The van der Waals surface area contributed by atoms with E-state index in [9.17, 15) is 0 Å². The Hall–Kier alpha value is -1.10. The number of hydrogen-bond donors (Lipinski definition) is 1. The molecule has 134 valence electrons. The topological polar surface area (TPSA) is 24.5 Å². The van der Waals surface area contributed by atoms with Crippen molar-refractivity contribution in [2.75, 3.05) is 31.6 Å². The number of rotatable bonds is 3. The number of morpholine rings is 1. The Morgan fingerprint density at radius 1 is 1.04 bits per heavy atom. The van der Waals surface area contributed by atoms with Crippen molar-refractivity contribution < 1.29 is 4.74 Å². The van der Waals surface area contributed by atoms with Crippen LogP contribution in [-0.4, -0.2) is 43.3 Å². The molecule has 0 bridgehead atoms. The highest BCUT2D eigenvalue weighted by Crippen LogP contribution is 2.33. The Bertz CT molecular complexity index is 734. The lowest BCUT2D eigenvalue weighted by Crippen LogP contribution is -2.46. The quantitative estimate of drug-likeness (QED) is 0.784. The van der Waals surface area contributed by atoms with Crippen LogP contribution in [0, 0.1) is 6.92 Å². The van der Waals surface area contributed by atoms with Crippen LogP contribution in [0.25, 0.3) is 10.8 Å². The van der Waals surface area contributed by atoms with E-state index in [0.717, 1.165) is 32.3 Å². The Morgan fingerprint density at radius 3 is 2.56 bits per heavy atom. The fourth-order valence-corrected chi connectivity index (χ4v) is 4.73. The molecule has 0 radical (unpaired) electrons. The average Bonchev–Trinajstić information content (AvgIpc) is 2.66. The van der Waals surface area contributed by atoms with Gasteiger partial charge in [-0.25, -0.2) is 0 Å². The van der Waals surface area contributed by atoms with E-state index in [0.29, 0.717) is 6.04 Å². The Morgan fingerprint density at radius 2 is 1.80 bits per heavy atom. The second-order valence-electron chi connectivity index (χ2n) is 7.37. The van der Waals surface area contributed by atoms with Gasteiger partial charge in [0.15, 0.2) is 0 Å². The summed E-state index contributed by atoms with van der Waals surface area (Å²) < 4.78 is 6.68. The van der Waals surface area contributed by atoms with Gasteiger partial charge in [0.05, 0.1) is 13.2 Å². The van der Waals surface area contributed by atoms with Crippen LogP contribution in [0.15, 0.2) is 34.8 Å². The molecule has 4 heteroatoms. The number of nitrogens with one attached hydrogen (secondary N) is 1. The monoisotopic (exact) mass is 402 g/mol. The number of hydrogen-bond acceptors (Lipinski definition) is 3. The van der Waals surface area contributed by atoms with Crippen LogP contribution in [-0.2, 0) is 4.74 Å². The van der Waals surface area contributed by atoms with E-state index in [1.165, 1.54) is 52.2 Å². The number of aryl methyl sites for hydroxylation is 1. The van der Waals surface area contributed by atoms with Gasteiger partial charge in [-0.1, -0.05) is 34.1 Å². The van der Waals surface area contributed by atoms with Crippen molar-refractivity contribution in [2.24, 2.45) is 0 Å². The Balaban J connectivity index is 1.45. The first-order chi connectivity index (χ1) is 12.2. The number of anilines is 1. The lowest BCUT2D eigenvalue weighted by molar-refractivity contribution is 0.00791. The van der Waals surface area contributed by atoms with Gasteiger partial charge in [-0.15, -0.1) is 0 Å². The second kappa shape index (κ2) is 7.65. The molecule has 2 fully saturated rings. The highest BCUT2D eigenvalue weighted by atomic mass is 79.9. The molecule has 2 aromatic carbocycles. The molecule has 0 spiro atoms. The summed E-state index contributed by atoms with van der Waals surface area (Å²) in [6.07, 6.45) is 5.10. The molecule has 0 amide bonds. The minimum atomic E-state index is 0.585. The van der Waals surface area contributed by atoms with Gasteiger partial charge in [0.25, 0.3) is 0 Å². The highest BCUT2D eigenvalue weighted by molar-refractivity contribution is 9.10. The van der Waals surface area contributed by atoms with Gasteiger partial charge in [0.1, 0.15) is 0 Å². The number of halogens is 1. The van der Waals surface area contributed by atoms with Crippen molar-refractivity contribution >= 4 is 32.4 Å². The summed E-state index contributed by atoms with van der Waals surface area (Å²) >= 11 is 3.68. The summed E-state index contributed by atoms with van der Waals surface area (Å²) in [6, 6.07) is 12.3. The largest absolute Gasteiger partial charge is 0.382 e. The van der Waals surface area contributed by atoms with Crippen molar-refractivity contribution in [3.05, 3.63) is 40.4 Å². The molecule has 1 aliphatic carbocycles. The Labute approximate surface area is 158 Å². The number of ether oxygens (including phenoxy) is 1. The van der Waals surface area contributed by atoms with Crippen molar-refractivity contribution in [1.29, 1.82) is 0 Å². The maximum absolute atomic E-state index is 5.49. The Kier molecular flexibility index (Phi) is 5.30. The van der Waals surface area contributed by atoms with E-state index in [2.05, 4.69) is 63.4 Å². The lowest BCUT2D eigenvalue weighted by atomic mass is 9.89. The summed E-state index contributed by atoms with van der Waals surface area (Å²) in [5, 5.41) is 6.52. The first kappa shape index (κ1) is 17.3. The molecule has 3 nitrogen and oxygen atoms in total. The number of fused-ring (bicyclic) bond motifs is 1. The molecular formula is C21H27BrN2O. The smallest absolute Gasteiger partial charge is 0.0594 e. The van der Waals surface area contributed by atoms with E-state index in [1.807, 2.05) is 0 Å². The summed E-state index contributed by atoms with van der Waals surface area (Å²) in [7, 11) is 0. The SMILES string of the molecule is Cc1c(Br)ccc2cccc(NC3CCC(N4CCOCC4)CC3)c12. The van der Waals surface area contributed by atoms with Gasteiger partial charge in [-0.2, -0.15) is 0 Å². The lowest BCUT2D eigenvalue weighted by Gasteiger charge is -2.39. The van der Waals surface area contributed by atoms with Gasteiger partial charge >= 0.3 is 0 Å². The third kappa shape index (κ3) is 3.71. The van der Waals surface area contributed by atoms with Crippen LogP contribution >= 0.6 is 15.9 Å². The highest BCUT2D eigenvalue weighted by Gasteiger charge is 2.27. The standard InChI is InChI=1S/C21H27BrN2O/c1-15-19(22)10-5-16-3-2-4-20(21(15)16)23-17-6-8-18(9-7-17)24-11-13-25-14-12-24/h2-5,10,17-18,23H,6-9,11-14H2,1H3. The zero-order chi connectivity index (χ0) is 17.2. The molecular weight excluding hydrogens is 376 g/mol. The normalized spacial score (nSPS) is 25.2. The molecule has 0 atom stereocenters. The fourth-order valence-electron chi connectivity index (χ4n) is 4.40. The minimum Gasteiger partial charge on any atom is -0.382 e. The molecule has 0 aromatic heterocycles. The van der Waals surface area contributed by atoms with Crippen molar-refractivity contribution in [1.82, 2.24) is 4.90 Å². The first-order valence-electron chi connectivity index (χ1n) is 9.48. The van der Waals surface area contributed by atoms with Crippen molar-refractivity contribution in [2.45, 2.75) is 44.7 Å². The van der Waals surface area contributed by atoms with Gasteiger partial charge in [-0.05, 0) is 55.7 Å². The van der Waals surface area contributed by atoms with Crippen LogP contribution in [0.2, 0.25) is 0 Å². The van der Waals surface area contributed by atoms with Gasteiger partial charge in [-0.3, -0.25) is 4.90 Å². The summed E-state index contributed by atoms with van der Waals surface area (Å²) in [4.78, 5) is 2.64. The van der Waals surface area contributed by atoms with Crippen LogP contribution in [0.5, 0.6) is 0 Å². The molecule has 1 aliphatic heterocycles. The van der Waals surface area contributed by atoms with E-state index in [-0.39, 0.29) is 0 Å². The van der Waals surface area contributed by atoms with Crippen LogP contribution in [0.3, 0.4) is 0 Å². The summed E-state index contributed by atoms with van der Waals surface area (Å²) in [6.45, 7) is 6.23. The fraction of sp³-hybridized carbons (Fsp3) is 0.524. The molecule has 25 heavy (non-hydrogen) atoms. The third-order valence-corrected chi connectivity index (χ3v) is 6.72. The maximum atomic E-state index is 5.49. The molecule has 1 heterocycles. The molecule has 2 aliphatic rings. The molecule has 1 saturated heterocycles. The van der Waals surface area contributed by atoms with E-state index < -0.39 is 0 Å².